The number of halogens is 2. The van der Waals surface area contributed by atoms with E-state index < -0.39 is 0 Å². The standard InChI is InChI=1S/C27H24ClFN4O2/c1-35-21-7-9-24(28)23(15-21)25-10-8-22(27(34)32-17-19-5-3-12-30-16-19)26(33-25)31-13-11-18-4-2-6-20(29)14-18/h2-10,12,14-16H,11,13,17H2,1H3,(H,31,33)(H,32,34). The highest BCUT2D eigenvalue weighted by atomic mass is 35.5. The van der Waals surface area contributed by atoms with Gasteiger partial charge in [-0.2, -0.15) is 0 Å². The molecule has 0 fully saturated rings. The molecule has 0 radical (unpaired) electrons. The zero-order valence-electron chi connectivity index (χ0n) is 19.1. The monoisotopic (exact) mass is 490 g/mol. The van der Waals surface area contributed by atoms with E-state index in [4.69, 9.17) is 21.3 Å². The van der Waals surface area contributed by atoms with Crippen molar-refractivity contribution in [3.63, 3.8) is 0 Å². The van der Waals surface area contributed by atoms with E-state index in [1.807, 2.05) is 18.2 Å². The topological polar surface area (TPSA) is 76.1 Å². The lowest BCUT2D eigenvalue weighted by Gasteiger charge is -2.14. The summed E-state index contributed by atoms with van der Waals surface area (Å²) in [7, 11) is 1.58. The first-order valence-corrected chi connectivity index (χ1v) is 11.4. The van der Waals surface area contributed by atoms with Crippen LogP contribution in [0.4, 0.5) is 10.2 Å². The summed E-state index contributed by atoms with van der Waals surface area (Å²) in [4.78, 5) is 21.8. The number of pyridine rings is 2. The molecule has 2 aromatic carbocycles. The maximum atomic E-state index is 13.5. The number of carbonyl (C=O) groups excluding carboxylic acids is 1. The molecule has 4 rings (SSSR count). The third-order valence-corrected chi connectivity index (χ3v) is 5.69. The molecule has 35 heavy (non-hydrogen) atoms. The number of ether oxygens (including phenoxy) is 1. The molecule has 0 aliphatic rings. The van der Waals surface area contributed by atoms with E-state index in [0.29, 0.717) is 52.9 Å². The SMILES string of the molecule is COc1ccc(Cl)c(-c2ccc(C(=O)NCc3cccnc3)c(NCCc3cccc(F)c3)n2)c1. The Kier molecular flexibility index (Phi) is 7.90. The highest BCUT2D eigenvalue weighted by molar-refractivity contribution is 6.33. The van der Waals surface area contributed by atoms with Gasteiger partial charge in [-0.3, -0.25) is 9.78 Å². The number of benzene rings is 2. The summed E-state index contributed by atoms with van der Waals surface area (Å²) in [5.41, 5.74) is 3.38. The number of methoxy groups -OCH3 is 1. The van der Waals surface area contributed by atoms with E-state index in [9.17, 15) is 9.18 Å². The normalized spacial score (nSPS) is 10.6. The third-order valence-electron chi connectivity index (χ3n) is 5.36. The van der Waals surface area contributed by atoms with Crippen molar-refractivity contribution < 1.29 is 13.9 Å². The van der Waals surface area contributed by atoms with Gasteiger partial charge in [0.05, 0.1) is 23.4 Å². The Morgan fingerprint density at radius 2 is 1.91 bits per heavy atom. The van der Waals surface area contributed by atoms with Crippen molar-refractivity contribution in [3.8, 4) is 17.0 Å². The Morgan fingerprint density at radius 1 is 1.06 bits per heavy atom. The van der Waals surface area contributed by atoms with Crippen LogP contribution in [0.5, 0.6) is 5.75 Å². The van der Waals surface area contributed by atoms with Crippen molar-refractivity contribution >= 4 is 23.3 Å². The molecular weight excluding hydrogens is 467 g/mol. The molecule has 0 saturated heterocycles. The number of anilines is 1. The number of hydrogen-bond donors (Lipinski definition) is 2. The van der Waals surface area contributed by atoms with Gasteiger partial charge in [-0.05, 0) is 66.1 Å². The van der Waals surface area contributed by atoms with Gasteiger partial charge < -0.3 is 15.4 Å². The summed E-state index contributed by atoms with van der Waals surface area (Å²) in [5, 5.41) is 6.65. The maximum Gasteiger partial charge on any atom is 0.255 e. The smallest absolute Gasteiger partial charge is 0.255 e. The largest absolute Gasteiger partial charge is 0.497 e. The second-order valence-electron chi connectivity index (χ2n) is 7.79. The van der Waals surface area contributed by atoms with Crippen LogP contribution in [0, 0.1) is 5.82 Å². The fourth-order valence-electron chi connectivity index (χ4n) is 3.55. The number of aromatic nitrogens is 2. The van der Waals surface area contributed by atoms with Crippen LogP contribution in [0.3, 0.4) is 0 Å². The van der Waals surface area contributed by atoms with Crippen LogP contribution in [-0.2, 0) is 13.0 Å². The van der Waals surface area contributed by atoms with Gasteiger partial charge in [0, 0.05) is 31.0 Å². The van der Waals surface area contributed by atoms with Crippen LogP contribution >= 0.6 is 11.6 Å². The fraction of sp³-hybridized carbons (Fsp3) is 0.148. The lowest BCUT2D eigenvalue weighted by molar-refractivity contribution is 0.0951. The highest BCUT2D eigenvalue weighted by Gasteiger charge is 2.16. The highest BCUT2D eigenvalue weighted by Crippen LogP contribution is 2.31. The summed E-state index contributed by atoms with van der Waals surface area (Å²) in [6.07, 6.45) is 3.93. The number of nitrogens with zero attached hydrogens (tertiary/aromatic N) is 2. The average Bonchev–Trinajstić information content (AvgIpc) is 2.88. The lowest BCUT2D eigenvalue weighted by atomic mass is 10.1. The number of carbonyl (C=O) groups is 1. The first-order valence-electron chi connectivity index (χ1n) is 11.0. The molecule has 0 atom stereocenters. The number of hydrogen-bond acceptors (Lipinski definition) is 5. The van der Waals surface area contributed by atoms with Gasteiger partial charge >= 0.3 is 0 Å². The van der Waals surface area contributed by atoms with Crippen LogP contribution in [0.2, 0.25) is 5.02 Å². The van der Waals surface area contributed by atoms with Crippen LogP contribution in [0.1, 0.15) is 21.5 Å². The first-order chi connectivity index (χ1) is 17.0. The second kappa shape index (κ2) is 11.4. The molecule has 0 aliphatic carbocycles. The summed E-state index contributed by atoms with van der Waals surface area (Å²) in [6, 6.07) is 18.9. The quantitative estimate of drug-likeness (QED) is 0.322. The molecule has 1 amide bonds. The predicted octanol–water partition coefficient (Wildman–Crippen LogP) is 5.53. The minimum atomic E-state index is -0.286. The molecule has 178 valence electrons. The summed E-state index contributed by atoms with van der Waals surface area (Å²) < 4.78 is 18.9. The Hall–Kier alpha value is -3.97. The lowest BCUT2D eigenvalue weighted by Crippen LogP contribution is -2.25. The molecule has 0 spiro atoms. The minimum Gasteiger partial charge on any atom is -0.497 e. The summed E-state index contributed by atoms with van der Waals surface area (Å²) >= 11 is 6.42. The Labute approximate surface area is 208 Å². The molecule has 4 aromatic rings. The fourth-order valence-corrected chi connectivity index (χ4v) is 3.77. The average molecular weight is 491 g/mol. The number of nitrogens with one attached hydrogen (secondary N) is 2. The zero-order valence-corrected chi connectivity index (χ0v) is 19.8. The zero-order chi connectivity index (χ0) is 24.6. The molecule has 2 N–H and O–H groups in total. The van der Waals surface area contributed by atoms with E-state index >= 15 is 0 Å². The van der Waals surface area contributed by atoms with Crippen molar-refractivity contribution in [1.82, 2.24) is 15.3 Å². The van der Waals surface area contributed by atoms with Gasteiger partial charge in [-0.1, -0.05) is 29.8 Å². The Bertz CT molecular complexity index is 1320. The minimum absolute atomic E-state index is 0.280. The summed E-state index contributed by atoms with van der Waals surface area (Å²) in [6.45, 7) is 0.785. The van der Waals surface area contributed by atoms with Crippen molar-refractivity contribution in [1.29, 1.82) is 0 Å². The first kappa shape index (κ1) is 24.2. The number of rotatable bonds is 9. The summed E-state index contributed by atoms with van der Waals surface area (Å²) in [5.74, 6) is 0.482. The molecule has 0 bridgehead atoms. The number of amides is 1. The molecule has 2 heterocycles. The van der Waals surface area contributed by atoms with Gasteiger partial charge in [-0.25, -0.2) is 9.37 Å². The molecule has 0 aliphatic heterocycles. The van der Waals surface area contributed by atoms with Crippen LogP contribution in [-0.4, -0.2) is 29.5 Å². The van der Waals surface area contributed by atoms with Gasteiger partial charge in [0.1, 0.15) is 17.4 Å². The van der Waals surface area contributed by atoms with Crippen LogP contribution in [0.15, 0.2) is 79.1 Å². The van der Waals surface area contributed by atoms with Gasteiger partial charge in [-0.15, -0.1) is 0 Å². The van der Waals surface area contributed by atoms with Crippen molar-refractivity contribution in [2.45, 2.75) is 13.0 Å². The Morgan fingerprint density at radius 3 is 2.69 bits per heavy atom. The molecule has 2 aromatic heterocycles. The van der Waals surface area contributed by atoms with Gasteiger partial charge in [0.25, 0.3) is 5.91 Å². The third kappa shape index (κ3) is 6.33. The van der Waals surface area contributed by atoms with Crippen LogP contribution < -0.4 is 15.4 Å². The van der Waals surface area contributed by atoms with E-state index in [2.05, 4.69) is 15.6 Å². The van der Waals surface area contributed by atoms with E-state index in [1.54, 1.807) is 55.9 Å². The molecule has 0 unspecified atom stereocenters. The van der Waals surface area contributed by atoms with Crippen molar-refractivity contribution in [2.24, 2.45) is 0 Å². The maximum absolute atomic E-state index is 13.5. The van der Waals surface area contributed by atoms with Crippen molar-refractivity contribution in [2.75, 3.05) is 19.0 Å². The van der Waals surface area contributed by atoms with E-state index in [1.165, 1.54) is 12.1 Å². The van der Waals surface area contributed by atoms with Gasteiger partial charge in [0.15, 0.2) is 0 Å². The molecule has 8 heteroatoms. The molecule has 0 saturated carbocycles. The predicted molar refractivity (Wildman–Crippen MR) is 135 cm³/mol. The Balaban J connectivity index is 1.59. The van der Waals surface area contributed by atoms with Crippen molar-refractivity contribution in [3.05, 3.63) is 107 Å². The van der Waals surface area contributed by atoms with Crippen LogP contribution in [0.25, 0.3) is 11.3 Å². The van der Waals surface area contributed by atoms with E-state index in [0.717, 1.165) is 11.1 Å². The van der Waals surface area contributed by atoms with E-state index in [-0.39, 0.29) is 11.7 Å². The second-order valence-corrected chi connectivity index (χ2v) is 8.20. The van der Waals surface area contributed by atoms with Gasteiger partial charge in [0.2, 0.25) is 0 Å². The molecular formula is C27H24ClFN4O2. The molecule has 6 nitrogen and oxygen atoms in total.